The molecule has 1 aromatic heterocycles. The minimum Gasteiger partial charge on any atom is -0.369 e. The Morgan fingerprint density at radius 2 is 2.23 bits per heavy atom. The zero-order valence-electron chi connectivity index (χ0n) is 11.3. The lowest BCUT2D eigenvalue weighted by Gasteiger charge is -2.13. The van der Waals surface area contributed by atoms with Crippen molar-refractivity contribution in [2.24, 2.45) is 5.73 Å². The molecule has 2 heterocycles. The Balaban J connectivity index is 2.01. The summed E-state index contributed by atoms with van der Waals surface area (Å²) < 4.78 is 30.3. The Morgan fingerprint density at radius 3 is 2.91 bits per heavy atom. The van der Waals surface area contributed by atoms with Crippen LogP contribution in [0, 0.1) is 16.4 Å². The van der Waals surface area contributed by atoms with E-state index in [-0.39, 0.29) is 17.0 Å². The molecule has 116 valence electrons. The SMILES string of the molecule is NC(=O)Cc1[nH]c(=S)n2c1CC(c1c(F)ccc(Cl)c1F)C2. The second kappa shape index (κ2) is 5.48. The summed E-state index contributed by atoms with van der Waals surface area (Å²) in [6.45, 7) is 0.331. The number of carbonyl (C=O) groups is 1. The molecule has 0 fully saturated rings. The third-order valence-electron chi connectivity index (χ3n) is 3.86. The largest absolute Gasteiger partial charge is 0.369 e. The molecule has 1 aliphatic heterocycles. The number of aromatic amines is 1. The molecule has 2 aromatic rings. The number of carbonyl (C=O) groups excluding carboxylic acids is 1. The fraction of sp³-hybridized carbons (Fsp3) is 0.286. The average Bonchev–Trinajstić information content (AvgIpc) is 2.97. The number of H-pyrrole nitrogens is 1. The topological polar surface area (TPSA) is 63.8 Å². The number of imidazole rings is 1. The number of rotatable bonds is 3. The lowest BCUT2D eigenvalue weighted by Crippen LogP contribution is -2.15. The third kappa shape index (κ3) is 2.44. The first kappa shape index (κ1) is 15.2. The van der Waals surface area contributed by atoms with E-state index in [1.165, 1.54) is 6.07 Å². The maximum Gasteiger partial charge on any atom is 0.223 e. The van der Waals surface area contributed by atoms with Crippen molar-refractivity contribution in [2.75, 3.05) is 0 Å². The molecule has 3 N–H and O–H groups in total. The van der Waals surface area contributed by atoms with Crippen molar-refractivity contribution in [2.45, 2.75) is 25.3 Å². The highest BCUT2D eigenvalue weighted by molar-refractivity contribution is 7.71. The number of hydrogen-bond donors (Lipinski definition) is 2. The van der Waals surface area contributed by atoms with Crippen molar-refractivity contribution in [1.29, 1.82) is 0 Å². The Morgan fingerprint density at radius 1 is 1.50 bits per heavy atom. The molecule has 1 unspecified atom stereocenters. The quantitative estimate of drug-likeness (QED) is 0.665. The molecule has 1 amide bonds. The molecule has 22 heavy (non-hydrogen) atoms. The molecule has 0 radical (unpaired) electrons. The Bertz CT molecular complexity index is 830. The molecule has 8 heteroatoms. The molecule has 3 rings (SSSR count). The summed E-state index contributed by atoms with van der Waals surface area (Å²) >= 11 is 10.9. The highest BCUT2D eigenvalue weighted by Gasteiger charge is 2.31. The first-order valence-electron chi connectivity index (χ1n) is 6.60. The van der Waals surface area contributed by atoms with Gasteiger partial charge >= 0.3 is 0 Å². The fourth-order valence-corrected chi connectivity index (χ4v) is 3.40. The number of halogens is 3. The molecule has 0 aliphatic carbocycles. The van der Waals surface area contributed by atoms with Crippen LogP contribution in [0.5, 0.6) is 0 Å². The first-order chi connectivity index (χ1) is 10.4. The summed E-state index contributed by atoms with van der Waals surface area (Å²) in [6.07, 6.45) is 0.378. The zero-order valence-corrected chi connectivity index (χ0v) is 12.9. The number of nitrogens with two attached hydrogens (primary N) is 1. The van der Waals surface area contributed by atoms with Gasteiger partial charge in [-0.15, -0.1) is 0 Å². The normalized spacial score (nSPS) is 16.8. The predicted octanol–water partition coefficient (Wildman–Crippen LogP) is 2.84. The third-order valence-corrected chi connectivity index (χ3v) is 4.47. The van der Waals surface area contributed by atoms with Crippen molar-refractivity contribution in [3.05, 3.63) is 50.5 Å². The van der Waals surface area contributed by atoms with Gasteiger partial charge in [0.1, 0.15) is 11.6 Å². The molecular weight excluding hydrogens is 332 g/mol. The maximum absolute atomic E-state index is 14.2. The van der Waals surface area contributed by atoms with Gasteiger partial charge in [0.05, 0.1) is 11.4 Å². The van der Waals surface area contributed by atoms with Crippen LogP contribution < -0.4 is 5.73 Å². The highest BCUT2D eigenvalue weighted by Crippen LogP contribution is 2.36. The molecule has 4 nitrogen and oxygen atoms in total. The van der Waals surface area contributed by atoms with E-state index in [0.29, 0.717) is 23.4 Å². The molecule has 1 aliphatic rings. The van der Waals surface area contributed by atoms with Crippen molar-refractivity contribution in [3.63, 3.8) is 0 Å². The number of primary amides is 1. The Labute approximate surface area is 134 Å². The lowest BCUT2D eigenvalue weighted by atomic mass is 9.95. The predicted molar refractivity (Wildman–Crippen MR) is 80.3 cm³/mol. The second-order valence-electron chi connectivity index (χ2n) is 5.27. The maximum atomic E-state index is 14.2. The second-order valence-corrected chi connectivity index (χ2v) is 6.06. The van der Waals surface area contributed by atoms with Gasteiger partial charge in [-0.1, -0.05) is 11.6 Å². The number of aromatic nitrogens is 2. The van der Waals surface area contributed by atoms with Crippen LogP contribution in [0.1, 0.15) is 22.9 Å². The standard InChI is InChI=1S/C14H12ClF2N3OS/c15-7-1-2-8(16)12(13(7)17)6-3-10-9(4-11(18)21)19-14(22)20(10)5-6/h1-2,6H,3-5H2,(H2,18,21)(H,19,22). The van der Waals surface area contributed by atoms with Gasteiger partial charge < -0.3 is 15.3 Å². The van der Waals surface area contributed by atoms with Crippen molar-refractivity contribution in [3.8, 4) is 0 Å². The van der Waals surface area contributed by atoms with E-state index < -0.39 is 23.5 Å². The van der Waals surface area contributed by atoms with Gasteiger partial charge in [0.2, 0.25) is 5.91 Å². The molecular formula is C14H12ClF2N3OS. The van der Waals surface area contributed by atoms with E-state index in [2.05, 4.69) is 4.98 Å². The van der Waals surface area contributed by atoms with E-state index >= 15 is 0 Å². The molecule has 0 bridgehead atoms. The number of amides is 1. The minimum absolute atomic E-state index is 0.0131. The minimum atomic E-state index is -0.747. The molecule has 0 saturated heterocycles. The summed E-state index contributed by atoms with van der Waals surface area (Å²) in [5, 5.41) is -0.115. The van der Waals surface area contributed by atoms with Gasteiger partial charge in [-0.2, -0.15) is 0 Å². The Kier molecular flexibility index (Phi) is 3.78. The van der Waals surface area contributed by atoms with Crippen LogP contribution in [0.4, 0.5) is 8.78 Å². The summed E-state index contributed by atoms with van der Waals surface area (Å²) in [5.74, 6) is -2.30. The first-order valence-corrected chi connectivity index (χ1v) is 7.39. The molecule has 1 atom stereocenters. The molecule has 1 aromatic carbocycles. The van der Waals surface area contributed by atoms with E-state index in [1.807, 2.05) is 0 Å². The van der Waals surface area contributed by atoms with Crippen LogP contribution in [0.3, 0.4) is 0 Å². The monoisotopic (exact) mass is 343 g/mol. The van der Waals surface area contributed by atoms with Crippen molar-refractivity contribution >= 4 is 29.7 Å². The summed E-state index contributed by atoms with van der Waals surface area (Å²) in [5.41, 5.74) is 6.51. The molecule has 0 spiro atoms. The van der Waals surface area contributed by atoms with Crippen LogP contribution >= 0.6 is 23.8 Å². The summed E-state index contributed by atoms with van der Waals surface area (Å²) in [7, 11) is 0. The molecule has 0 saturated carbocycles. The number of benzene rings is 1. The number of nitrogens with one attached hydrogen (secondary N) is 1. The van der Waals surface area contributed by atoms with E-state index in [9.17, 15) is 13.6 Å². The van der Waals surface area contributed by atoms with E-state index in [0.717, 1.165) is 11.8 Å². The number of nitrogens with zero attached hydrogens (tertiary/aromatic N) is 1. The number of hydrogen-bond acceptors (Lipinski definition) is 2. The zero-order chi connectivity index (χ0) is 16.0. The van der Waals surface area contributed by atoms with Gasteiger partial charge in [-0.05, 0) is 30.8 Å². The Hall–Kier alpha value is -1.73. The van der Waals surface area contributed by atoms with Crippen LogP contribution in [0.15, 0.2) is 12.1 Å². The van der Waals surface area contributed by atoms with Gasteiger partial charge in [-0.3, -0.25) is 4.79 Å². The number of fused-ring (bicyclic) bond motifs is 1. The van der Waals surface area contributed by atoms with E-state index in [1.54, 1.807) is 4.57 Å². The van der Waals surface area contributed by atoms with Crippen LogP contribution in [0.25, 0.3) is 0 Å². The average molecular weight is 344 g/mol. The van der Waals surface area contributed by atoms with Gasteiger partial charge in [0.25, 0.3) is 0 Å². The van der Waals surface area contributed by atoms with Gasteiger partial charge in [-0.25, -0.2) is 8.78 Å². The fourth-order valence-electron chi connectivity index (χ4n) is 2.93. The van der Waals surface area contributed by atoms with Gasteiger partial charge in [0, 0.05) is 29.4 Å². The highest BCUT2D eigenvalue weighted by atomic mass is 35.5. The smallest absolute Gasteiger partial charge is 0.223 e. The van der Waals surface area contributed by atoms with Crippen molar-refractivity contribution < 1.29 is 13.6 Å². The van der Waals surface area contributed by atoms with Crippen LogP contribution in [-0.4, -0.2) is 15.5 Å². The summed E-state index contributed by atoms with van der Waals surface area (Å²) in [6, 6.07) is 2.34. The lowest BCUT2D eigenvalue weighted by molar-refractivity contribution is -0.117. The van der Waals surface area contributed by atoms with Crippen LogP contribution in [-0.2, 0) is 24.2 Å². The van der Waals surface area contributed by atoms with Gasteiger partial charge in [0.15, 0.2) is 4.77 Å². The van der Waals surface area contributed by atoms with Crippen molar-refractivity contribution in [1.82, 2.24) is 9.55 Å². The van der Waals surface area contributed by atoms with Crippen LogP contribution in [0.2, 0.25) is 5.02 Å². The van der Waals surface area contributed by atoms with E-state index in [4.69, 9.17) is 29.6 Å². The summed E-state index contributed by atoms with van der Waals surface area (Å²) in [4.78, 5) is 14.0.